The van der Waals surface area contributed by atoms with E-state index in [0.29, 0.717) is 0 Å². The molecule has 2 aromatic heterocycles. The minimum Gasteiger partial charge on any atom is -0.378 e. The molecule has 1 N–H and O–H groups in total. The molecule has 0 saturated heterocycles. The monoisotopic (exact) mass is 279 g/mol. The third-order valence-corrected chi connectivity index (χ3v) is 3.52. The molecule has 0 aliphatic heterocycles. The molecule has 0 fully saturated rings. The molecule has 1 aromatic carbocycles. The summed E-state index contributed by atoms with van der Waals surface area (Å²) in [6.45, 7) is 5.02. The van der Waals surface area contributed by atoms with Crippen molar-refractivity contribution in [2.45, 2.75) is 20.4 Å². The van der Waals surface area contributed by atoms with Crippen LogP contribution in [0.4, 0.5) is 5.69 Å². The van der Waals surface area contributed by atoms with Crippen LogP contribution >= 0.6 is 0 Å². The van der Waals surface area contributed by atoms with E-state index < -0.39 is 0 Å². The second kappa shape index (κ2) is 5.75. The first kappa shape index (κ1) is 13.3. The number of anilines is 1. The normalized spacial score (nSPS) is 10.6. The van der Waals surface area contributed by atoms with Crippen LogP contribution in [0.3, 0.4) is 0 Å². The van der Waals surface area contributed by atoms with Gasteiger partial charge in [-0.2, -0.15) is 5.10 Å². The van der Waals surface area contributed by atoms with Gasteiger partial charge in [0.05, 0.1) is 5.69 Å². The minimum absolute atomic E-state index is 0.751. The van der Waals surface area contributed by atoms with Crippen LogP contribution in [0.2, 0.25) is 0 Å². The Hall–Kier alpha value is -2.69. The third-order valence-electron chi connectivity index (χ3n) is 3.52. The van der Waals surface area contributed by atoms with Gasteiger partial charge >= 0.3 is 0 Å². The van der Waals surface area contributed by atoms with Gasteiger partial charge in [-0.3, -0.25) is 0 Å². The van der Waals surface area contributed by atoms with Crippen molar-refractivity contribution in [3.8, 4) is 5.82 Å². The molecule has 5 nitrogen and oxygen atoms in total. The molecule has 3 rings (SSSR count). The quantitative estimate of drug-likeness (QED) is 0.798. The fourth-order valence-corrected chi connectivity index (χ4v) is 2.35. The average molecular weight is 279 g/mol. The number of rotatable bonds is 4. The summed E-state index contributed by atoms with van der Waals surface area (Å²) in [5, 5.41) is 7.59. The Labute approximate surface area is 123 Å². The summed E-state index contributed by atoms with van der Waals surface area (Å²) < 4.78 is 1.66. The van der Waals surface area contributed by atoms with Crippen molar-refractivity contribution in [1.29, 1.82) is 0 Å². The summed E-state index contributed by atoms with van der Waals surface area (Å²) in [5.74, 6) is 0.751. The zero-order valence-electron chi connectivity index (χ0n) is 12.1. The Morgan fingerprint density at radius 2 is 1.90 bits per heavy atom. The highest BCUT2D eigenvalue weighted by molar-refractivity contribution is 5.56. The molecule has 0 atom stereocenters. The molecular weight excluding hydrogens is 262 g/mol. The van der Waals surface area contributed by atoms with Crippen molar-refractivity contribution in [2.24, 2.45) is 0 Å². The predicted octanol–water partition coefficient (Wildman–Crippen LogP) is 2.89. The van der Waals surface area contributed by atoms with Crippen LogP contribution in [0.25, 0.3) is 5.82 Å². The van der Waals surface area contributed by atoms with Gasteiger partial charge in [0.1, 0.15) is 12.7 Å². The maximum atomic E-state index is 4.38. The van der Waals surface area contributed by atoms with Crippen LogP contribution in [0.1, 0.15) is 16.7 Å². The van der Waals surface area contributed by atoms with E-state index in [4.69, 9.17) is 0 Å². The molecule has 0 aliphatic rings. The van der Waals surface area contributed by atoms with Crippen LogP contribution in [0.15, 0.2) is 49.2 Å². The smallest absolute Gasteiger partial charge is 0.178 e. The topological polar surface area (TPSA) is 55.6 Å². The van der Waals surface area contributed by atoms with E-state index in [9.17, 15) is 0 Å². The summed E-state index contributed by atoms with van der Waals surface area (Å²) >= 11 is 0. The molecule has 3 aromatic rings. The van der Waals surface area contributed by atoms with E-state index >= 15 is 0 Å². The molecule has 5 heteroatoms. The number of nitrogens with zero attached hydrogens (tertiary/aromatic N) is 4. The number of hydrogen-bond acceptors (Lipinski definition) is 4. The molecule has 21 heavy (non-hydrogen) atoms. The Kier molecular flexibility index (Phi) is 3.64. The van der Waals surface area contributed by atoms with Gasteiger partial charge < -0.3 is 5.32 Å². The lowest BCUT2D eigenvalue weighted by atomic mass is 10.0. The van der Waals surface area contributed by atoms with E-state index in [-0.39, 0.29) is 0 Å². The first-order chi connectivity index (χ1) is 10.3. The van der Waals surface area contributed by atoms with E-state index in [1.807, 2.05) is 12.1 Å². The van der Waals surface area contributed by atoms with Crippen molar-refractivity contribution in [2.75, 3.05) is 5.32 Å². The number of aryl methyl sites for hydroxylation is 2. The van der Waals surface area contributed by atoms with Crippen LogP contribution in [-0.4, -0.2) is 19.7 Å². The summed E-state index contributed by atoms with van der Waals surface area (Å²) in [5.41, 5.74) is 4.82. The largest absolute Gasteiger partial charge is 0.378 e. The van der Waals surface area contributed by atoms with Gasteiger partial charge in [-0.15, -0.1) is 0 Å². The standard InChI is InChI=1S/C16H17N5/c1-12-5-3-6-13(2)14(12)9-19-15-7-4-8-18-16(15)21-11-17-10-20-21/h3-8,10-11,19H,9H2,1-2H3. The number of pyridine rings is 1. The fraction of sp³-hybridized carbons (Fsp3) is 0.188. The van der Waals surface area contributed by atoms with Gasteiger partial charge in [0.15, 0.2) is 5.82 Å². The highest BCUT2D eigenvalue weighted by Crippen LogP contribution is 2.19. The summed E-state index contributed by atoms with van der Waals surface area (Å²) in [4.78, 5) is 8.35. The highest BCUT2D eigenvalue weighted by Gasteiger charge is 2.07. The van der Waals surface area contributed by atoms with Gasteiger partial charge in [0, 0.05) is 12.7 Å². The molecule has 0 amide bonds. The van der Waals surface area contributed by atoms with Crippen LogP contribution < -0.4 is 5.32 Å². The van der Waals surface area contributed by atoms with Crippen molar-refractivity contribution in [1.82, 2.24) is 19.7 Å². The second-order valence-electron chi connectivity index (χ2n) is 4.94. The van der Waals surface area contributed by atoms with Crippen molar-refractivity contribution in [3.05, 3.63) is 65.9 Å². The molecule has 0 unspecified atom stereocenters. The maximum absolute atomic E-state index is 4.38. The minimum atomic E-state index is 0.751. The SMILES string of the molecule is Cc1cccc(C)c1CNc1cccnc1-n1cncn1. The molecule has 0 aliphatic carbocycles. The Morgan fingerprint density at radius 1 is 1.10 bits per heavy atom. The molecule has 0 spiro atoms. The highest BCUT2D eigenvalue weighted by atomic mass is 15.3. The molecule has 2 heterocycles. The molecular formula is C16H17N5. The molecule has 0 saturated carbocycles. The van der Waals surface area contributed by atoms with E-state index in [1.54, 1.807) is 17.2 Å². The lowest BCUT2D eigenvalue weighted by molar-refractivity contribution is 0.844. The first-order valence-corrected chi connectivity index (χ1v) is 6.84. The Bertz CT molecular complexity index is 714. The van der Waals surface area contributed by atoms with Crippen LogP contribution in [-0.2, 0) is 6.54 Å². The van der Waals surface area contributed by atoms with Crippen molar-refractivity contribution < 1.29 is 0 Å². The summed E-state index contributed by atoms with van der Waals surface area (Å²) in [6, 6.07) is 10.3. The Morgan fingerprint density at radius 3 is 2.62 bits per heavy atom. The number of nitrogens with one attached hydrogen (secondary N) is 1. The second-order valence-corrected chi connectivity index (χ2v) is 4.94. The molecule has 106 valence electrons. The van der Waals surface area contributed by atoms with E-state index in [1.165, 1.54) is 23.0 Å². The zero-order chi connectivity index (χ0) is 14.7. The first-order valence-electron chi connectivity index (χ1n) is 6.84. The van der Waals surface area contributed by atoms with Gasteiger partial charge in [-0.1, -0.05) is 18.2 Å². The van der Waals surface area contributed by atoms with Gasteiger partial charge in [-0.25, -0.2) is 14.6 Å². The third kappa shape index (κ3) is 2.76. The van der Waals surface area contributed by atoms with Crippen LogP contribution in [0, 0.1) is 13.8 Å². The Balaban J connectivity index is 1.86. The number of aromatic nitrogens is 4. The van der Waals surface area contributed by atoms with Gasteiger partial charge in [0.2, 0.25) is 0 Å². The van der Waals surface area contributed by atoms with E-state index in [0.717, 1.165) is 18.1 Å². The fourth-order valence-electron chi connectivity index (χ4n) is 2.35. The summed E-state index contributed by atoms with van der Waals surface area (Å²) in [7, 11) is 0. The van der Waals surface area contributed by atoms with E-state index in [2.05, 4.69) is 52.4 Å². The predicted molar refractivity (Wildman–Crippen MR) is 82.4 cm³/mol. The van der Waals surface area contributed by atoms with Crippen molar-refractivity contribution >= 4 is 5.69 Å². The van der Waals surface area contributed by atoms with Gasteiger partial charge in [-0.05, 0) is 42.7 Å². The lowest BCUT2D eigenvalue weighted by Crippen LogP contribution is -2.08. The lowest BCUT2D eigenvalue weighted by Gasteiger charge is -2.14. The zero-order valence-corrected chi connectivity index (χ0v) is 12.1. The molecule has 0 radical (unpaired) electrons. The maximum Gasteiger partial charge on any atom is 0.178 e. The van der Waals surface area contributed by atoms with Gasteiger partial charge in [0.25, 0.3) is 0 Å². The average Bonchev–Trinajstić information content (AvgIpc) is 3.01. The number of benzene rings is 1. The number of hydrogen-bond donors (Lipinski definition) is 1. The summed E-state index contributed by atoms with van der Waals surface area (Å²) in [6.07, 6.45) is 4.90. The van der Waals surface area contributed by atoms with Crippen molar-refractivity contribution in [3.63, 3.8) is 0 Å². The van der Waals surface area contributed by atoms with Crippen LogP contribution in [0.5, 0.6) is 0 Å². The molecule has 0 bridgehead atoms.